The molecule has 3 aromatic heterocycles. The number of thiophene rings is 1. The molecule has 1 saturated heterocycles. The molecule has 6 heterocycles. The first-order valence-corrected chi connectivity index (χ1v) is 25.0. The molecule has 15 nitrogen and oxygen atoms in total. The van der Waals surface area contributed by atoms with E-state index >= 15 is 0 Å². The van der Waals surface area contributed by atoms with Crippen LogP contribution >= 0.6 is 22.7 Å². The largest absolute Gasteiger partial charge is 0.481 e. The van der Waals surface area contributed by atoms with Gasteiger partial charge in [0.1, 0.15) is 29.0 Å². The first-order valence-electron chi connectivity index (χ1n) is 23.3. The van der Waals surface area contributed by atoms with Gasteiger partial charge in [-0.2, -0.15) is 0 Å². The van der Waals surface area contributed by atoms with Crippen LogP contribution < -0.4 is 15.5 Å². The molecular formula is C52H57N9O6S2. The highest BCUT2D eigenvalue weighted by atomic mass is 32.1. The van der Waals surface area contributed by atoms with Crippen LogP contribution in [0.3, 0.4) is 0 Å². The van der Waals surface area contributed by atoms with Gasteiger partial charge in [-0.05, 0) is 98.5 Å². The van der Waals surface area contributed by atoms with Crippen molar-refractivity contribution in [3.63, 3.8) is 0 Å². The number of β-amino-alcohol motifs (C(OH)–C–C–N with tert-alkyl or cyclic N) is 1. The molecule has 3 amide bonds. The summed E-state index contributed by atoms with van der Waals surface area (Å²) in [6, 6.07) is 18.8. The fourth-order valence-corrected chi connectivity index (χ4v) is 11.7. The SMILES string of the molecule is Cc1ncsc1-c1ccc([C@H](C)NC(=O)[C@@H]2C[C@@H](O)CN2C(=O)[C@@H](NC(=O)c2ccc3c(c2)CN(c2ccc(C4=N[C@@H](CC(=O)O)c5nnc(C)n5-c5sc(C)c(C)c54)cc2)CC3)C(C)(C)C)cc1. The minimum Gasteiger partial charge on any atom is -0.481 e. The van der Waals surface area contributed by atoms with Gasteiger partial charge >= 0.3 is 5.97 Å². The van der Waals surface area contributed by atoms with Gasteiger partial charge in [-0.1, -0.05) is 63.2 Å². The highest BCUT2D eigenvalue weighted by Gasteiger charge is 2.45. The molecule has 1 fully saturated rings. The summed E-state index contributed by atoms with van der Waals surface area (Å²) in [6.07, 6.45) is -0.266. The van der Waals surface area contributed by atoms with Crippen molar-refractivity contribution in [3.8, 4) is 15.4 Å². The number of aliphatic hydroxyl groups excluding tert-OH is 1. The minimum atomic E-state index is -0.992. The van der Waals surface area contributed by atoms with Crippen molar-refractivity contribution in [2.45, 2.75) is 111 Å². The lowest BCUT2D eigenvalue weighted by Crippen LogP contribution is -2.57. The van der Waals surface area contributed by atoms with Gasteiger partial charge in [0, 0.05) is 53.3 Å². The topological polar surface area (TPSA) is 195 Å². The molecule has 0 saturated carbocycles. The molecule has 358 valence electrons. The highest BCUT2D eigenvalue weighted by Crippen LogP contribution is 2.40. The Labute approximate surface area is 409 Å². The number of likely N-dealkylation sites (tertiary alicyclic amines) is 1. The molecule has 9 rings (SSSR count). The maximum absolute atomic E-state index is 14.5. The number of nitrogens with one attached hydrogen (secondary N) is 2. The average Bonchev–Trinajstić information content (AvgIpc) is 4.09. The van der Waals surface area contributed by atoms with Crippen molar-refractivity contribution < 1.29 is 29.4 Å². The zero-order chi connectivity index (χ0) is 49.1. The quantitative estimate of drug-likeness (QED) is 0.100. The van der Waals surface area contributed by atoms with E-state index in [1.165, 1.54) is 4.90 Å². The number of amides is 3. The Morgan fingerprint density at radius 1 is 0.913 bits per heavy atom. The van der Waals surface area contributed by atoms with E-state index in [1.54, 1.807) is 28.7 Å². The molecule has 4 N–H and O–H groups in total. The summed E-state index contributed by atoms with van der Waals surface area (Å²) in [5, 5.41) is 36.4. The van der Waals surface area contributed by atoms with E-state index in [9.17, 15) is 29.4 Å². The Bertz CT molecular complexity index is 3000. The number of aryl methyl sites for hydroxylation is 3. The molecule has 0 aliphatic carbocycles. The van der Waals surface area contributed by atoms with Crippen molar-refractivity contribution in [1.82, 2.24) is 35.3 Å². The monoisotopic (exact) mass is 967 g/mol. The van der Waals surface area contributed by atoms with Crippen LogP contribution in [0, 0.1) is 33.1 Å². The number of carbonyl (C=O) groups excluding carboxylic acids is 3. The van der Waals surface area contributed by atoms with Crippen LogP contribution in [0.5, 0.6) is 0 Å². The number of carboxylic acid groups (broad SMARTS) is 1. The van der Waals surface area contributed by atoms with Crippen molar-refractivity contribution in [2.75, 3.05) is 18.0 Å². The van der Waals surface area contributed by atoms with E-state index in [0.29, 0.717) is 23.8 Å². The van der Waals surface area contributed by atoms with Gasteiger partial charge in [0.15, 0.2) is 5.82 Å². The summed E-state index contributed by atoms with van der Waals surface area (Å²) in [5.41, 5.74) is 11.1. The Hall–Kier alpha value is -6.56. The molecule has 0 unspecified atom stereocenters. The van der Waals surface area contributed by atoms with E-state index in [0.717, 1.165) is 83.8 Å². The molecule has 69 heavy (non-hydrogen) atoms. The predicted molar refractivity (Wildman–Crippen MR) is 267 cm³/mol. The second kappa shape index (κ2) is 18.7. The second-order valence-electron chi connectivity index (χ2n) is 19.5. The van der Waals surface area contributed by atoms with Gasteiger partial charge < -0.3 is 30.6 Å². The van der Waals surface area contributed by atoms with E-state index < -0.39 is 47.4 Å². The van der Waals surface area contributed by atoms with Gasteiger partial charge in [0.05, 0.1) is 40.4 Å². The third kappa shape index (κ3) is 9.34. The second-order valence-corrected chi connectivity index (χ2v) is 21.5. The molecule has 0 bridgehead atoms. The van der Waals surface area contributed by atoms with Crippen LogP contribution in [0.25, 0.3) is 15.4 Å². The summed E-state index contributed by atoms with van der Waals surface area (Å²) in [7, 11) is 0. The molecule has 17 heteroatoms. The number of anilines is 1. The number of aromatic nitrogens is 4. The normalized spacial score (nSPS) is 18.6. The number of thiazole rings is 1. The van der Waals surface area contributed by atoms with E-state index in [4.69, 9.17) is 4.99 Å². The number of hydrogen-bond donors (Lipinski definition) is 4. The summed E-state index contributed by atoms with van der Waals surface area (Å²) in [4.78, 5) is 69.9. The lowest BCUT2D eigenvalue weighted by atomic mass is 9.85. The molecule has 0 radical (unpaired) electrons. The minimum absolute atomic E-state index is 0.0244. The average molecular weight is 968 g/mol. The van der Waals surface area contributed by atoms with Gasteiger partial charge in [0.25, 0.3) is 5.91 Å². The van der Waals surface area contributed by atoms with Crippen LogP contribution in [0.4, 0.5) is 5.69 Å². The van der Waals surface area contributed by atoms with Crippen molar-refractivity contribution >= 4 is 57.8 Å². The summed E-state index contributed by atoms with van der Waals surface area (Å²) in [6.45, 7) is 16.8. The number of carbonyl (C=O) groups is 4. The number of aliphatic carboxylic acids is 1. The lowest BCUT2D eigenvalue weighted by molar-refractivity contribution is -0.142. The zero-order valence-corrected chi connectivity index (χ0v) is 41.7. The first-order chi connectivity index (χ1) is 32.9. The van der Waals surface area contributed by atoms with Crippen LogP contribution in [0.1, 0.15) is 119 Å². The maximum atomic E-state index is 14.5. The Morgan fingerprint density at radius 3 is 2.32 bits per heavy atom. The predicted octanol–water partition coefficient (Wildman–Crippen LogP) is 7.60. The first kappa shape index (κ1) is 47.5. The number of fused-ring (bicyclic) bond motifs is 4. The van der Waals surface area contributed by atoms with Crippen molar-refractivity contribution in [1.29, 1.82) is 0 Å². The number of benzene rings is 3. The van der Waals surface area contributed by atoms with Crippen LogP contribution in [0.15, 0.2) is 77.2 Å². The Balaban J connectivity index is 0.891. The Kier molecular flexibility index (Phi) is 12.9. The Morgan fingerprint density at radius 2 is 1.64 bits per heavy atom. The number of hydrogen-bond acceptors (Lipinski definition) is 12. The number of aliphatic hydroxyl groups is 1. The van der Waals surface area contributed by atoms with Gasteiger partial charge in [-0.3, -0.25) is 28.7 Å². The van der Waals surface area contributed by atoms with Crippen LogP contribution in [0.2, 0.25) is 0 Å². The molecule has 3 aliphatic rings. The standard InChI is InChI=1S/C52H57N9O6S2/c1-27-30(4)69-51-43(27)44(55-40(23-42(63)64)47-58-57-31(5)61(47)51)34-15-17-38(18-16-34)59-20-19-33-11-14-36(21-37(33)24-59)48(65)56-46(52(6,7)8)50(67)60-25-39(62)22-41(60)49(66)54-28(2)32-9-12-35(13-10-32)45-29(3)53-26-68-45/h9-18,21,26,28,39-41,46,62H,19-20,22-25H2,1-8H3,(H,54,66)(H,56,65)(H,63,64)/t28-,39+,40-,41-,46+/m0/s1. The maximum Gasteiger partial charge on any atom is 0.306 e. The van der Waals surface area contributed by atoms with Gasteiger partial charge in [0.2, 0.25) is 11.8 Å². The third-order valence-electron chi connectivity index (χ3n) is 13.6. The number of aliphatic imine (C=N–C) groups is 1. The number of rotatable bonds is 11. The number of carboxylic acids is 1. The van der Waals surface area contributed by atoms with E-state index in [2.05, 4.69) is 56.7 Å². The zero-order valence-electron chi connectivity index (χ0n) is 40.0. The van der Waals surface area contributed by atoms with Crippen molar-refractivity contribution in [3.05, 3.63) is 133 Å². The molecule has 3 aromatic carbocycles. The molecule has 5 atom stereocenters. The molecular weight excluding hydrogens is 911 g/mol. The smallest absolute Gasteiger partial charge is 0.306 e. The molecule has 3 aliphatic heterocycles. The van der Waals surface area contributed by atoms with Crippen LogP contribution in [-0.4, -0.2) is 95.5 Å². The summed E-state index contributed by atoms with van der Waals surface area (Å²) >= 11 is 3.20. The fraction of sp³-hybridized carbons (Fsp3) is 0.385. The molecule has 0 spiro atoms. The van der Waals surface area contributed by atoms with E-state index in [-0.39, 0.29) is 31.3 Å². The third-order valence-corrected chi connectivity index (χ3v) is 15.8. The number of nitrogens with zero attached hydrogens (tertiary/aromatic N) is 7. The highest BCUT2D eigenvalue weighted by molar-refractivity contribution is 7.15. The van der Waals surface area contributed by atoms with Crippen molar-refractivity contribution in [2.24, 2.45) is 10.4 Å². The molecule has 6 aromatic rings. The van der Waals surface area contributed by atoms with Crippen LogP contribution in [-0.2, 0) is 27.3 Å². The summed E-state index contributed by atoms with van der Waals surface area (Å²) < 4.78 is 1.95. The lowest BCUT2D eigenvalue weighted by Gasteiger charge is -2.35. The van der Waals surface area contributed by atoms with Gasteiger partial charge in [-0.25, -0.2) is 4.98 Å². The fourth-order valence-electron chi connectivity index (χ4n) is 9.67. The van der Waals surface area contributed by atoms with Gasteiger partial charge in [-0.15, -0.1) is 32.9 Å². The van der Waals surface area contributed by atoms with E-state index in [1.807, 2.05) is 100 Å². The summed E-state index contributed by atoms with van der Waals surface area (Å²) in [5.74, 6) is -0.988.